The molecule has 1 aromatic rings. The zero-order valence-electron chi connectivity index (χ0n) is 10.9. The Balaban J connectivity index is 2.05. The van der Waals surface area contributed by atoms with Gasteiger partial charge in [0.05, 0.1) is 11.1 Å². The Morgan fingerprint density at radius 1 is 1.24 bits per heavy atom. The van der Waals surface area contributed by atoms with E-state index in [1.54, 1.807) is 29.0 Å². The van der Waals surface area contributed by atoms with Crippen LogP contribution < -0.4 is 5.56 Å². The van der Waals surface area contributed by atoms with Gasteiger partial charge in [-0.15, -0.1) is 0 Å². The topological polar surface area (TPSA) is 50.7 Å². The molecule has 2 aliphatic heterocycles. The fourth-order valence-electron chi connectivity index (χ4n) is 2.44. The average Bonchev–Trinajstić information content (AvgIpc) is 2.79. The number of hydrogen-bond acceptors (Lipinski definition) is 2. The van der Waals surface area contributed by atoms with E-state index in [9.17, 15) is 18.0 Å². The normalized spacial score (nSPS) is 12.3. The second-order valence-electron chi connectivity index (χ2n) is 4.87. The van der Waals surface area contributed by atoms with Gasteiger partial charge in [-0.25, -0.2) is 5.10 Å². The van der Waals surface area contributed by atoms with E-state index in [2.05, 4.69) is 10.2 Å². The number of nitrogens with one attached hydrogen (secondary N) is 1. The van der Waals surface area contributed by atoms with Gasteiger partial charge >= 0.3 is 6.18 Å². The van der Waals surface area contributed by atoms with Crippen LogP contribution in [0.3, 0.4) is 0 Å². The van der Waals surface area contributed by atoms with Crippen molar-refractivity contribution in [3.05, 3.63) is 40.8 Å². The van der Waals surface area contributed by atoms with Crippen LogP contribution in [-0.2, 0) is 6.54 Å². The number of fused-ring (bicyclic) bond motifs is 3. The van der Waals surface area contributed by atoms with Crippen molar-refractivity contribution < 1.29 is 13.2 Å². The quantitative estimate of drug-likeness (QED) is 0.807. The standard InChI is InChI=1S/C14H12F3N3O/c15-14(16,17)6-3-7-20-8-10-12(18-19-13(10)21)9-4-1-2-5-11(9)20/h1-2,4-5,8H,3,6-7H2,(H,19,21). The third-order valence-corrected chi connectivity index (χ3v) is 3.38. The number of nitrogens with zero attached hydrogens (tertiary/aromatic N) is 2. The molecule has 0 fully saturated rings. The lowest BCUT2D eigenvalue weighted by atomic mass is 10.1. The highest BCUT2D eigenvalue weighted by molar-refractivity contribution is 5.93. The molecule has 21 heavy (non-hydrogen) atoms. The lowest BCUT2D eigenvalue weighted by Gasteiger charge is -2.14. The van der Waals surface area contributed by atoms with Gasteiger partial charge in [0, 0.05) is 24.5 Å². The van der Waals surface area contributed by atoms with Crippen molar-refractivity contribution >= 4 is 10.9 Å². The first-order valence-corrected chi connectivity index (χ1v) is 6.49. The van der Waals surface area contributed by atoms with Crippen LogP contribution in [0.5, 0.6) is 0 Å². The number of alkyl halides is 3. The Hall–Kier alpha value is -2.31. The van der Waals surface area contributed by atoms with E-state index in [0.717, 1.165) is 10.9 Å². The number of benzene rings is 1. The molecule has 1 N–H and O–H groups in total. The summed E-state index contributed by atoms with van der Waals surface area (Å²) in [5.74, 6) is 0. The molecule has 110 valence electrons. The summed E-state index contributed by atoms with van der Waals surface area (Å²) in [6, 6.07) is 7.22. The molecular formula is C14H12F3N3O. The largest absolute Gasteiger partial charge is 0.389 e. The first kappa shape index (κ1) is 13.7. The minimum atomic E-state index is -4.17. The summed E-state index contributed by atoms with van der Waals surface area (Å²) < 4.78 is 38.5. The Labute approximate surface area is 117 Å². The molecule has 0 unspecified atom stereocenters. The van der Waals surface area contributed by atoms with Gasteiger partial charge in [-0.2, -0.15) is 18.3 Å². The number of rotatable bonds is 3. The SMILES string of the molecule is O=c1[nH]nc2c3ccccc3n(CCCC(F)(F)F)cc1-2. The van der Waals surface area contributed by atoms with Crippen molar-refractivity contribution in [1.82, 2.24) is 14.8 Å². The summed E-state index contributed by atoms with van der Waals surface area (Å²) in [5, 5.41) is 7.10. The van der Waals surface area contributed by atoms with E-state index in [0.29, 0.717) is 11.3 Å². The molecule has 2 aliphatic rings. The van der Waals surface area contributed by atoms with Gasteiger partial charge in [0.2, 0.25) is 0 Å². The van der Waals surface area contributed by atoms with Gasteiger partial charge in [-0.05, 0) is 12.5 Å². The molecule has 0 atom stereocenters. The number of pyridine rings is 1. The number of hydrogen-bond donors (Lipinski definition) is 1. The van der Waals surface area contributed by atoms with Gasteiger partial charge < -0.3 is 4.57 Å². The van der Waals surface area contributed by atoms with Crippen molar-refractivity contribution in [2.45, 2.75) is 25.6 Å². The minimum absolute atomic E-state index is 0.0320. The first-order valence-electron chi connectivity index (χ1n) is 6.49. The maximum absolute atomic E-state index is 12.3. The molecule has 0 radical (unpaired) electrons. The van der Waals surface area contributed by atoms with Gasteiger partial charge in [0.1, 0.15) is 5.69 Å². The van der Waals surface area contributed by atoms with Crippen molar-refractivity contribution in [2.75, 3.05) is 0 Å². The van der Waals surface area contributed by atoms with E-state index < -0.39 is 12.6 Å². The van der Waals surface area contributed by atoms with Crippen LogP contribution in [0.25, 0.3) is 22.2 Å². The number of H-pyrrole nitrogens is 1. The number of aryl methyl sites for hydroxylation is 1. The smallest absolute Gasteiger partial charge is 0.347 e. The van der Waals surface area contributed by atoms with Crippen LogP contribution in [0.4, 0.5) is 13.2 Å². The fraction of sp³-hybridized carbons (Fsp3) is 0.286. The molecule has 0 amide bonds. The third kappa shape index (κ3) is 2.63. The van der Waals surface area contributed by atoms with Crippen LogP contribution >= 0.6 is 0 Å². The number of halogens is 3. The van der Waals surface area contributed by atoms with Crippen LogP contribution in [0.15, 0.2) is 35.3 Å². The van der Waals surface area contributed by atoms with E-state index in [4.69, 9.17) is 0 Å². The molecule has 7 heteroatoms. The van der Waals surface area contributed by atoms with Crippen molar-refractivity contribution in [3.63, 3.8) is 0 Å². The van der Waals surface area contributed by atoms with E-state index in [1.807, 2.05) is 6.07 Å². The molecule has 0 spiro atoms. The summed E-state index contributed by atoms with van der Waals surface area (Å²) in [6.07, 6.45) is -3.47. The second kappa shape index (κ2) is 4.91. The van der Waals surface area contributed by atoms with Crippen LogP contribution in [0.2, 0.25) is 0 Å². The van der Waals surface area contributed by atoms with Crippen molar-refractivity contribution in [3.8, 4) is 11.3 Å². The predicted molar refractivity (Wildman–Crippen MR) is 72.3 cm³/mol. The second-order valence-corrected chi connectivity index (χ2v) is 4.87. The molecule has 0 bridgehead atoms. The third-order valence-electron chi connectivity index (χ3n) is 3.38. The molecule has 2 heterocycles. The maximum atomic E-state index is 12.3. The van der Waals surface area contributed by atoms with Crippen LogP contribution in [0.1, 0.15) is 12.8 Å². The maximum Gasteiger partial charge on any atom is 0.389 e. The van der Waals surface area contributed by atoms with Gasteiger partial charge in [0.15, 0.2) is 0 Å². The van der Waals surface area contributed by atoms with E-state index >= 15 is 0 Å². The Kier molecular flexibility index (Phi) is 3.19. The zero-order valence-corrected chi connectivity index (χ0v) is 10.9. The Morgan fingerprint density at radius 2 is 2.00 bits per heavy atom. The molecule has 0 saturated heterocycles. The summed E-state index contributed by atoms with van der Waals surface area (Å²) in [4.78, 5) is 11.7. The predicted octanol–water partition coefficient (Wildman–Crippen LogP) is 3.17. The highest BCUT2D eigenvalue weighted by Crippen LogP contribution is 2.27. The number of aromatic nitrogens is 3. The average molecular weight is 295 g/mol. The highest BCUT2D eigenvalue weighted by atomic mass is 19.4. The first-order chi connectivity index (χ1) is 9.96. The van der Waals surface area contributed by atoms with Crippen molar-refractivity contribution in [1.29, 1.82) is 0 Å². The number of para-hydroxylation sites is 1. The van der Waals surface area contributed by atoms with Crippen LogP contribution in [-0.4, -0.2) is 20.9 Å². The molecule has 3 rings (SSSR count). The summed E-state index contributed by atoms with van der Waals surface area (Å²) in [6.45, 7) is 0.195. The molecule has 4 nitrogen and oxygen atoms in total. The Morgan fingerprint density at radius 3 is 2.76 bits per heavy atom. The summed E-state index contributed by atoms with van der Waals surface area (Å²) in [5.41, 5.74) is 1.36. The van der Waals surface area contributed by atoms with E-state index in [1.165, 1.54) is 0 Å². The Bertz CT molecular complexity index is 803. The minimum Gasteiger partial charge on any atom is -0.347 e. The summed E-state index contributed by atoms with van der Waals surface area (Å²) in [7, 11) is 0. The highest BCUT2D eigenvalue weighted by Gasteiger charge is 2.26. The van der Waals surface area contributed by atoms with Gasteiger partial charge in [-0.1, -0.05) is 18.2 Å². The lowest BCUT2D eigenvalue weighted by Crippen LogP contribution is -2.11. The van der Waals surface area contributed by atoms with Gasteiger partial charge in [0.25, 0.3) is 5.56 Å². The summed E-state index contributed by atoms with van der Waals surface area (Å²) >= 11 is 0. The van der Waals surface area contributed by atoms with Crippen molar-refractivity contribution in [2.24, 2.45) is 0 Å². The van der Waals surface area contributed by atoms with E-state index in [-0.39, 0.29) is 18.5 Å². The lowest BCUT2D eigenvalue weighted by molar-refractivity contribution is -0.135. The number of aromatic amines is 1. The molecule has 1 aromatic carbocycles. The molecule has 0 saturated carbocycles. The fourth-order valence-corrected chi connectivity index (χ4v) is 2.44. The molecule has 0 aromatic heterocycles. The van der Waals surface area contributed by atoms with Gasteiger partial charge in [-0.3, -0.25) is 4.79 Å². The van der Waals surface area contributed by atoms with Crippen LogP contribution in [0, 0.1) is 0 Å². The monoisotopic (exact) mass is 295 g/mol. The molecular weight excluding hydrogens is 283 g/mol. The molecule has 0 aliphatic carbocycles. The zero-order chi connectivity index (χ0) is 15.0.